The van der Waals surface area contributed by atoms with Crippen LogP contribution < -0.4 is 0 Å². The number of hydrogen-bond acceptors (Lipinski definition) is 10. The summed E-state index contributed by atoms with van der Waals surface area (Å²) < 4.78 is 54.4. The Hall–Kier alpha value is -6.48. The van der Waals surface area contributed by atoms with E-state index >= 15 is 0 Å². The fraction of sp³-hybridized carbons (Fsp3) is 0.291. The number of rotatable bonds is 26. The largest absolute Gasteiger partial charge is 0.374 e. The maximum Gasteiger partial charge on any atom is 0.186 e. The van der Waals surface area contributed by atoms with Gasteiger partial charge in [-0.2, -0.15) is 5.10 Å². The average Bonchev–Trinajstić information content (AvgIpc) is 3.94. The van der Waals surface area contributed by atoms with Crippen LogP contribution in [0.3, 0.4) is 0 Å². The van der Waals surface area contributed by atoms with Crippen molar-refractivity contribution < 1.29 is 37.9 Å². The number of aromatic amines is 1. The summed E-state index contributed by atoms with van der Waals surface area (Å²) in [6.07, 6.45) is -2.19. The van der Waals surface area contributed by atoms with E-state index in [1.54, 1.807) is 12.4 Å². The molecular formula is C55H57N5O8. The van der Waals surface area contributed by atoms with Crippen molar-refractivity contribution in [2.45, 2.75) is 88.6 Å². The number of azide groups is 1. The lowest BCUT2D eigenvalue weighted by atomic mass is 9.97. The van der Waals surface area contributed by atoms with Crippen molar-refractivity contribution in [1.29, 1.82) is 0 Å². The van der Waals surface area contributed by atoms with E-state index in [2.05, 4.69) is 20.2 Å². The molecule has 0 radical (unpaired) electrons. The number of nitrogens with one attached hydrogen (secondary N) is 1. The first-order valence-corrected chi connectivity index (χ1v) is 22.9. The molecule has 1 aliphatic heterocycles. The molecule has 7 aromatic rings. The molecule has 0 saturated carbocycles. The topological polar surface area (TPSA) is 151 Å². The van der Waals surface area contributed by atoms with Crippen LogP contribution in [0.25, 0.3) is 10.4 Å². The number of ether oxygens (including phenoxy) is 8. The first-order chi connectivity index (χ1) is 33.7. The highest BCUT2D eigenvalue weighted by atomic mass is 16.7. The van der Waals surface area contributed by atoms with Gasteiger partial charge in [-0.15, -0.1) is 0 Å². The van der Waals surface area contributed by atoms with Crippen molar-refractivity contribution in [3.8, 4) is 0 Å². The van der Waals surface area contributed by atoms with Crippen LogP contribution >= 0.6 is 0 Å². The summed E-state index contributed by atoms with van der Waals surface area (Å²) >= 11 is 0. The number of hydrogen-bond donors (Lipinski definition) is 1. The van der Waals surface area contributed by atoms with E-state index < -0.39 is 49.0 Å². The Kier molecular flexibility index (Phi) is 18.5. The summed E-state index contributed by atoms with van der Waals surface area (Å²) in [6, 6.07) is 58.5. The van der Waals surface area contributed by atoms with E-state index in [0.29, 0.717) is 12.2 Å². The lowest BCUT2D eigenvalue weighted by Crippen LogP contribution is -2.62. The fourth-order valence-electron chi connectivity index (χ4n) is 8.06. The van der Waals surface area contributed by atoms with Crippen molar-refractivity contribution in [2.75, 3.05) is 13.2 Å². The maximum atomic E-state index is 10.2. The average molecular weight is 916 g/mol. The van der Waals surface area contributed by atoms with Crippen molar-refractivity contribution in [2.24, 2.45) is 5.11 Å². The van der Waals surface area contributed by atoms with Gasteiger partial charge in [-0.1, -0.05) is 187 Å². The second kappa shape index (κ2) is 26.2. The Labute approximate surface area is 397 Å². The van der Waals surface area contributed by atoms with Crippen LogP contribution in [-0.4, -0.2) is 66.3 Å². The summed E-state index contributed by atoms with van der Waals surface area (Å²) in [4.78, 5) is 3.33. The molecule has 0 bridgehead atoms. The summed E-state index contributed by atoms with van der Waals surface area (Å²) in [5.41, 5.74) is 16.7. The van der Waals surface area contributed by atoms with Crippen LogP contribution in [-0.2, 0) is 77.5 Å². The van der Waals surface area contributed by atoms with E-state index in [0.717, 1.165) is 33.4 Å². The molecule has 1 aromatic heterocycles. The number of aromatic nitrogens is 2. The SMILES string of the molecule is [N-]=[N+]=N[C@@H](CO[C@H]1O[C@H](COCc2ccccc2)[C@H](OCc2ccccc2)[C@H](OCc2ccccc2)[C@H]1OCc1ccccc1)[C@H](OCc1ccccc1)[C@H](OCc1ccccc1)c1cn[nH]c1. The van der Waals surface area contributed by atoms with Gasteiger partial charge in [0.25, 0.3) is 0 Å². The van der Waals surface area contributed by atoms with Gasteiger partial charge in [-0.05, 0) is 38.9 Å². The monoisotopic (exact) mass is 915 g/mol. The highest BCUT2D eigenvalue weighted by molar-refractivity contribution is 5.19. The quantitative estimate of drug-likeness (QED) is 0.0318. The van der Waals surface area contributed by atoms with Gasteiger partial charge < -0.3 is 37.9 Å². The predicted octanol–water partition coefficient (Wildman–Crippen LogP) is 10.6. The summed E-state index contributed by atoms with van der Waals surface area (Å²) in [7, 11) is 0. The maximum absolute atomic E-state index is 10.2. The molecule has 350 valence electrons. The second-order valence-corrected chi connectivity index (χ2v) is 16.4. The third-order valence-corrected chi connectivity index (χ3v) is 11.6. The minimum Gasteiger partial charge on any atom is -0.374 e. The van der Waals surface area contributed by atoms with Gasteiger partial charge in [0.1, 0.15) is 30.5 Å². The smallest absolute Gasteiger partial charge is 0.186 e. The fourth-order valence-corrected chi connectivity index (χ4v) is 8.06. The van der Waals surface area contributed by atoms with Crippen LogP contribution in [0.2, 0.25) is 0 Å². The van der Waals surface area contributed by atoms with E-state index in [-0.39, 0.29) is 46.2 Å². The zero-order valence-corrected chi connectivity index (χ0v) is 37.8. The Morgan fingerprint density at radius 3 is 1.44 bits per heavy atom. The molecule has 1 aliphatic rings. The molecule has 13 nitrogen and oxygen atoms in total. The van der Waals surface area contributed by atoms with Gasteiger partial charge in [-0.3, -0.25) is 5.10 Å². The van der Waals surface area contributed by atoms with E-state index in [1.165, 1.54) is 0 Å². The van der Waals surface area contributed by atoms with Crippen molar-refractivity contribution in [3.05, 3.63) is 244 Å². The predicted molar refractivity (Wildman–Crippen MR) is 256 cm³/mol. The third-order valence-electron chi connectivity index (χ3n) is 11.6. The Morgan fingerprint density at radius 2 is 0.971 bits per heavy atom. The summed E-state index contributed by atoms with van der Waals surface area (Å²) in [5.74, 6) is 0. The molecule has 0 unspecified atom stereocenters. The molecule has 0 spiro atoms. The molecule has 0 aliphatic carbocycles. The van der Waals surface area contributed by atoms with E-state index in [4.69, 9.17) is 37.9 Å². The van der Waals surface area contributed by atoms with Gasteiger partial charge in [0.05, 0.1) is 71.2 Å². The zero-order valence-electron chi connectivity index (χ0n) is 37.8. The molecule has 6 aromatic carbocycles. The van der Waals surface area contributed by atoms with Gasteiger partial charge in [0, 0.05) is 16.7 Å². The molecule has 1 N–H and O–H groups in total. The first kappa shape index (κ1) is 48.0. The molecular weight excluding hydrogens is 859 g/mol. The minimum absolute atomic E-state index is 0.142. The van der Waals surface area contributed by atoms with Crippen molar-refractivity contribution >= 4 is 0 Å². The highest BCUT2D eigenvalue weighted by Crippen LogP contribution is 2.34. The lowest BCUT2D eigenvalue weighted by Gasteiger charge is -2.46. The van der Waals surface area contributed by atoms with E-state index in [1.807, 2.05) is 182 Å². The molecule has 68 heavy (non-hydrogen) atoms. The summed E-state index contributed by atoms with van der Waals surface area (Å²) in [6.45, 7) is 1.55. The molecule has 1 fully saturated rings. The van der Waals surface area contributed by atoms with Gasteiger partial charge in [0.15, 0.2) is 6.29 Å². The molecule has 1 saturated heterocycles. The van der Waals surface area contributed by atoms with Crippen LogP contribution in [0.15, 0.2) is 199 Å². The van der Waals surface area contributed by atoms with Crippen LogP contribution in [0.1, 0.15) is 45.0 Å². The van der Waals surface area contributed by atoms with Gasteiger partial charge in [-0.25, -0.2) is 0 Å². The molecule has 2 heterocycles. The Morgan fingerprint density at radius 1 is 0.529 bits per heavy atom. The molecule has 8 rings (SSSR count). The van der Waals surface area contributed by atoms with Crippen molar-refractivity contribution in [1.82, 2.24) is 10.2 Å². The van der Waals surface area contributed by atoms with Gasteiger partial charge >= 0.3 is 0 Å². The number of benzene rings is 6. The standard InChI is InChI=1S/C55H57N5O8/c56-60-59-48(51(63-35-43-23-11-3-12-24-43)50(47-31-57-58-32-47)62-34-42-21-9-2-10-22-42)39-67-55-54(66-38-46-29-17-6-18-30-46)53(65-37-45-27-15-5-16-28-45)52(64-36-44-25-13-4-14-26-44)49(68-55)40-61-33-41-19-7-1-8-20-41/h1-32,48-55H,33-40H2,(H,57,58)/t48-,49+,50+,51-,52-,53-,54+,55-/m0/s1. The van der Waals surface area contributed by atoms with Crippen LogP contribution in [0.5, 0.6) is 0 Å². The first-order valence-electron chi connectivity index (χ1n) is 22.9. The number of H-pyrrole nitrogens is 1. The Bertz CT molecular complexity index is 2490. The minimum atomic E-state index is -1.06. The second-order valence-electron chi connectivity index (χ2n) is 16.4. The molecule has 13 heteroatoms. The normalized spacial score (nSPS) is 19.4. The lowest BCUT2D eigenvalue weighted by molar-refractivity contribution is -0.329. The highest BCUT2D eigenvalue weighted by Gasteiger charge is 2.49. The Balaban J connectivity index is 1.13. The van der Waals surface area contributed by atoms with E-state index in [9.17, 15) is 5.53 Å². The zero-order chi connectivity index (χ0) is 46.4. The summed E-state index contributed by atoms with van der Waals surface area (Å²) in [5, 5.41) is 11.5. The van der Waals surface area contributed by atoms with Crippen LogP contribution in [0, 0.1) is 0 Å². The molecule has 0 amide bonds. The van der Waals surface area contributed by atoms with Crippen LogP contribution in [0.4, 0.5) is 0 Å². The number of nitrogens with zero attached hydrogens (tertiary/aromatic N) is 4. The van der Waals surface area contributed by atoms with Gasteiger partial charge in [0.2, 0.25) is 0 Å². The van der Waals surface area contributed by atoms with Crippen molar-refractivity contribution in [3.63, 3.8) is 0 Å². The third kappa shape index (κ3) is 14.3. The molecule has 8 atom stereocenters.